The quantitative estimate of drug-likeness (QED) is 0.153. The molecule has 2 aliphatic heterocycles. The first-order chi connectivity index (χ1) is 23.7. The van der Waals surface area contributed by atoms with Crippen molar-refractivity contribution in [3.8, 4) is 0 Å². The molecular formula is C36H49BBr2N2O10. The minimum absolute atomic E-state index is 0.247. The van der Waals surface area contributed by atoms with Crippen molar-refractivity contribution < 1.29 is 48.2 Å². The predicted molar refractivity (Wildman–Crippen MR) is 201 cm³/mol. The Morgan fingerprint density at radius 1 is 0.804 bits per heavy atom. The third-order valence-electron chi connectivity index (χ3n) is 7.06. The lowest BCUT2D eigenvalue weighted by Crippen LogP contribution is -2.62. The maximum absolute atomic E-state index is 12.2. The average molecular weight is 840 g/mol. The highest BCUT2D eigenvalue weighted by molar-refractivity contribution is 9.10. The number of rotatable bonds is 7. The van der Waals surface area contributed by atoms with E-state index in [0.29, 0.717) is 44.9 Å². The Morgan fingerprint density at radius 2 is 1.31 bits per heavy atom. The van der Waals surface area contributed by atoms with Crippen molar-refractivity contribution in [3.05, 3.63) is 74.7 Å². The van der Waals surface area contributed by atoms with Crippen LogP contribution in [0.15, 0.2) is 69.1 Å². The van der Waals surface area contributed by atoms with Crippen LogP contribution in [0, 0.1) is 0 Å². The Balaban J connectivity index is 0.000000289. The number of amides is 2. The molecule has 2 amide bonds. The molecule has 2 fully saturated rings. The van der Waals surface area contributed by atoms with Gasteiger partial charge in [0.15, 0.2) is 0 Å². The maximum atomic E-state index is 12.2. The van der Waals surface area contributed by atoms with E-state index in [1.807, 2.05) is 71.9 Å². The molecule has 15 heteroatoms. The van der Waals surface area contributed by atoms with E-state index in [9.17, 15) is 19.2 Å². The molecule has 0 aromatic heterocycles. The van der Waals surface area contributed by atoms with Crippen molar-refractivity contribution in [3.63, 3.8) is 0 Å². The topological polar surface area (TPSA) is 152 Å². The highest BCUT2D eigenvalue weighted by Gasteiger charge is 2.49. The van der Waals surface area contributed by atoms with Gasteiger partial charge in [-0.25, -0.2) is 14.4 Å². The van der Waals surface area contributed by atoms with Gasteiger partial charge in [0, 0.05) is 46.6 Å². The van der Waals surface area contributed by atoms with Gasteiger partial charge in [-0.05, 0) is 96.3 Å². The summed E-state index contributed by atoms with van der Waals surface area (Å²) >= 11 is 6.68. The Labute approximate surface area is 317 Å². The number of benzene rings is 2. The fraction of sp³-hybridized carbons (Fsp3) is 0.500. The van der Waals surface area contributed by atoms with Crippen LogP contribution in [0.4, 0.5) is 9.59 Å². The molecular weight excluding hydrogens is 791 g/mol. The number of halogens is 2. The van der Waals surface area contributed by atoms with E-state index in [4.69, 9.17) is 29.0 Å². The molecule has 0 unspecified atom stereocenters. The standard InChI is InChI=1S/C18H24BrNO4.C12H19NO4.C6H6BBrO2/c1-5-23-15(21)10-18(13-7-6-8-14(19)9-13)11-20(12-18)16(22)24-17(2,3)4;1-5-16-10(14)6-9-7-13(8-9)11(15)17-12(2,3)4;8-6-3-1-2-5(4-6)7(9)10/h6-9H,5,10-12H2,1-4H3;6H,5,7-8H2,1-4H3;1-4,9-10H. The third-order valence-corrected chi connectivity index (χ3v) is 8.05. The Morgan fingerprint density at radius 3 is 1.76 bits per heavy atom. The number of hydrogen-bond acceptors (Lipinski definition) is 10. The summed E-state index contributed by atoms with van der Waals surface area (Å²) < 4.78 is 22.3. The lowest BCUT2D eigenvalue weighted by Gasteiger charge is -2.49. The molecule has 12 nitrogen and oxygen atoms in total. The van der Waals surface area contributed by atoms with Crippen molar-refractivity contribution >= 4 is 68.6 Å². The molecule has 2 saturated heterocycles. The zero-order valence-corrected chi connectivity index (χ0v) is 33.7. The lowest BCUT2D eigenvalue weighted by atomic mass is 9.71. The predicted octanol–water partition coefficient (Wildman–Crippen LogP) is 5.75. The van der Waals surface area contributed by atoms with E-state index in [0.717, 1.165) is 20.1 Å². The molecule has 0 atom stereocenters. The average Bonchev–Trinajstić information content (AvgIpc) is 2.95. The summed E-state index contributed by atoms with van der Waals surface area (Å²) in [5.74, 6) is -0.604. The molecule has 2 aromatic rings. The van der Waals surface area contributed by atoms with E-state index in [1.165, 1.54) is 11.0 Å². The van der Waals surface area contributed by atoms with Gasteiger partial charge < -0.3 is 38.8 Å². The number of carbonyl (C=O) groups excluding carboxylic acids is 4. The monoisotopic (exact) mass is 838 g/mol. The summed E-state index contributed by atoms with van der Waals surface area (Å²) in [7, 11) is -1.38. The number of likely N-dealkylation sites (tertiary alicyclic amines) is 2. The Hall–Kier alpha value is -3.40. The van der Waals surface area contributed by atoms with Crippen molar-refractivity contribution in [1.29, 1.82) is 0 Å². The van der Waals surface area contributed by atoms with Crippen molar-refractivity contribution in [2.75, 3.05) is 39.4 Å². The van der Waals surface area contributed by atoms with E-state index in [1.54, 1.807) is 36.9 Å². The smallest absolute Gasteiger partial charge is 0.466 e. The molecule has 0 aliphatic carbocycles. The minimum Gasteiger partial charge on any atom is -0.466 e. The third kappa shape index (κ3) is 15.4. The van der Waals surface area contributed by atoms with E-state index >= 15 is 0 Å². The maximum Gasteiger partial charge on any atom is 0.488 e. The van der Waals surface area contributed by atoms with E-state index < -0.39 is 23.7 Å². The van der Waals surface area contributed by atoms with Crippen LogP contribution in [-0.4, -0.2) is 102 Å². The summed E-state index contributed by atoms with van der Waals surface area (Å²) in [5.41, 5.74) is 0.949. The van der Waals surface area contributed by atoms with Crippen molar-refractivity contribution in [1.82, 2.24) is 9.80 Å². The van der Waals surface area contributed by atoms with Gasteiger partial charge in [-0.1, -0.05) is 56.1 Å². The summed E-state index contributed by atoms with van der Waals surface area (Å²) in [4.78, 5) is 50.1. The van der Waals surface area contributed by atoms with Gasteiger partial charge in [0.2, 0.25) is 0 Å². The first-order valence-corrected chi connectivity index (χ1v) is 18.1. The van der Waals surface area contributed by atoms with Gasteiger partial charge in [-0.3, -0.25) is 4.79 Å². The van der Waals surface area contributed by atoms with Crippen LogP contribution < -0.4 is 5.46 Å². The highest BCUT2D eigenvalue weighted by Crippen LogP contribution is 2.39. The summed E-state index contributed by atoms with van der Waals surface area (Å²) in [6, 6.07) is 14.7. The first-order valence-electron chi connectivity index (χ1n) is 16.5. The molecule has 0 spiro atoms. The Kier molecular flexibility index (Phi) is 16.7. The largest absolute Gasteiger partial charge is 0.488 e. The second kappa shape index (κ2) is 19.4. The van der Waals surface area contributed by atoms with Gasteiger partial charge in [0.1, 0.15) is 11.2 Å². The molecule has 2 N–H and O–H groups in total. The zero-order valence-electron chi connectivity index (χ0n) is 30.5. The minimum atomic E-state index is -1.38. The van der Waals surface area contributed by atoms with Gasteiger partial charge in [0.25, 0.3) is 0 Å². The van der Waals surface area contributed by atoms with Crippen molar-refractivity contribution in [2.45, 2.75) is 78.4 Å². The zero-order chi connectivity index (χ0) is 38.6. The molecule has 0 saturated carbocycles. The fourth-order valence-corrected chi connectivity index (χ4v) is 5.67. The van der Waals surface area contributed by atoms with Crippen LogP contribution in [-0.2, 0) is 34.0 Å². The van der Waals surface area contributed by atoms with Crippen molar-refractivity contribution in [2.24, 2.45) is 0 Å². The van der Waals surface area contributed by atoms with E-state index in [2.05, 4.69) is 31.9 Å². The second-order valence-electron chi connectivity index (χ2n) is 13.9. The number of esters is 2. The van der Waals surface area contributed by atoms with Gasteiger partial charge >= 0.3 is 31.2 Å². The fourth-order valence-electron chi connectivity index (χ4n) is 4.85. The first kappa shape index (κ1) is 43.8. The van der Waals surface area contributed by atoms with Crippen LogP contribution in [0.3, 0.4) is 0 Å². The van der Waals surface area contributed by atoms with E-state index in [-0.39, 0.29) is 30.5 Å². The SMILES string of the molecule is CCOC(=O)C=C1CN(C(=O)OC(C)(C)C)C1.CCOC(=O)CC1(c2cccc(Br)c2)CN(C(=O)OC(C)(C)C)C1.OB(O)c1cccc(Br)c1. The van der Waals surface area contributed by atoms with Crippen LogP contribution >= 0.6 is 31.9 Å². The van der Waals surface area contributed by atoms with Gasteiger partial charge in [0.05, 0.1) is 19.6 Å². The Bertz CT molecular complexity index is 1520. The molecule has 51 heavy (non-hydrogen) atoms. The van der Waals surface area contributed by atoms with Gasteiger partial charge in [-0.15, -0.1) is 0 Å². The molecule has 2 aliphatic rings. The van der Waals surface area contributed by atoms with Crippen LogP contribution in [0.5, 0.6) is 0 Å². The number of hydrogen-bond donors (Lipinski definition) is 2. The number of carbonyl (C=O) groups is 4. The molecule has 0 radical (unpaired) electrons. The molecule has 2 heterocycles. The summed E-state index contributed by atoms with van der Waals surface area (Å²) in [6.45, 7) is 17.0. The molecule has 0 bridgehead atoms. The van der Waals surface area contributed by atoms with Crippen LogP contribution in [0.2, 0.25) is 0 Å². The molecule has 4 rings (SSSR count). The highest BCUT2D eigenvalue weighted by atomic mass is 79.9. The molecule has 280 valence electrons. The summed E-state index contributed by atoms with van der Waals surface area (Å²) in [5, 5.41) is 17.4. The summed E-state index contributed by atoms with van der Waals surface area (Å²) in [6.07, 6.45) is 0.983. The van der Waals surface area contributed by atoms with Crippen LogP contribution in [0.25, 0.3) is 0 Å². The second-order valence-corrected chi connectivity index (χ2v) is 15.8. The van der Waals surface area contributed by atoms with Crippen LogP contribution in [0.1, 0.15) is 67.4 Å². The molecule has 2 aromatic carbocycles. The van der Waals surface area contributed by atoms with Gasteiger partial charge in [-0.2, -0.15) is 0 Å². The number of ether oxygens (including phenoxy) is 4. The number of nitrogens with zero attached hydrogens (tertiary/aromatic N) is 2. The normalized spacial score (nSPS) is 14.5. The lowest BCUT2D eigenvalue weighted by molar-refractivity contribution is -0.146.